The van der Waals surface area contributed by atoms with Crippen LogP contribution in [0.2, 0.25) is 0 Å². The van der Waals surface area contributed by atoms with Crippen LogP contribution in [0.3, 0.4) is 0 Å². The summed E-state index contributed by atoms with van der Waals surface area (Å²) in [5.41, 5.74) is 1.06. The fourth-order valence-electron chi connectivity index (χ4n) is 3.31. The zero-order valence-electron chi connectivity index (χ0n) is 17.1. The van der Waals surface area contributed by atoms with Crippen LogP contribution < -0.4 is 10.6 Å². The predicted octanol–water partition coefficient (Wildman–Crippen LogP) is 3.68. The Morgan fingerprint density at radius 3 is 2.90 bits per heavy atom. The van der Waals surface area contributed by atoms with Crippen LogP contribution >= 0.6 is 46.7 Å². The van der Waals surface area contributed by atoms with E-state index in [-0.39, 0.29) is 36.0 Å². The molecule has 29 heavy (non-hydrogen) atoms. The first kappa shape index (κ1) is 24.5. The lowest BCUT2D eigenvalue weighted by atomic mass is 9.84. The molecule has 0 aliphatic carbocycles. The van der Waals surface area contributed by atoms with E-state index in [9.17, 15) is 5.11 Å². The van der Waals surface area contributed by atoms with Gasteiger partial charge in [-0.25, -0.2) is 4.98 Å². The van der Waals surface area contributed by atoms with Crippen molar-refractivity contribution in [3.8, 4) is 10.6 Å². The van der Waals surface area contributed by atoms with Gasteiger partial charge in [0.05, 0.1) is 28.7 Å². The lowest BCUT2D eigenvalue weighted by molar-refractivity contribution is 0.131. The highest BCUT2D eigenvalue weighted by Crippen LogP contribution is 2.32. The van der Waals surface area contributed by atoms with Crippen LogP contribution in [0.15, 0.2) is 22.5 Å². The average Bonchev–Trinajstić information content (AvgIpc) is 3.42. The second kappa shape index (κ2) is 12.2. The molecule has 2 aromatic rings. The van der Waals surface area contributed by atoms with Crippen LogP contribution in [-0.2, 0) is 11.2 Å². The number of rotatable bonds is 9. The van der Waals surface area contributed by atoms with Crippen molar-refractivity contribution in [3.05, 3.63) is 27.4 Å². The molecule has 3 heterocycles. The highest BCUT2D eigenvalue weighted by atomic mass is 127. The van der Waals surface area contributed by atoms with Gasteiger partial charge in [0, 0.05) is 42.0 Å². The first-order valence-electron chi connectivity index (χ1n) is 9.86. The summed E-state index contributed by atoms with van der Waals surface area (Å²) in [6.45, 7) is 8.06. The molecule has 1 atom stereocenters. The van der Waals surface area contributed by atoms with Crippen LogP contribution in [0.1, 0.15) is 29.7 Å². The number of halogens is 1. The number of thiazole rings is 1. The summed E-state index contributed by atoms with van der Waals surface area (Å²) in [4.78, 5) is 11.9. The molecule has 6 nitrogen and oxygen atoms in total. The third kappa shape index (κ3) is 7.16. The molecule has 0 saturated carbocycles. The quantitative estimate of drug-likeness (QED) is 0.252. The predicted molar refractivity (Wildman–Crippen MR) is 133 cm³/mol. The fraction of sp³-hybridized carbons (Fsp3) is 0.600. The van der Waals surface area contributed by atoms with Crippen molar-refractivity contribution in [3.63, 3.8) is 0 Å². The molecule has 9 heteroatoms. The van der Waals surface area contributed by atoms with E-state index in [0.29, 0.717) is 13.2 Å². The summed E-state index contributed by atoms with van der Waals surface area (Å²) >= 11 is 3.49. The SMILES string of the molecule is CCNC(=NCC1(CCO)CCOC1)NCCc1ccc(-c2csc(C)n2)s1.I. The van der Waals surface area contributed by atoms with Crippen molar-refractivity contribution >= 4 is 52.6 Å². The summed E-state index contributed by atoms with van der Waals surface area (Å²) < 4.78 is 5.56. The highest BCUT2D eigenvalue weighted by molar-refractivity contribution is 14.0. The van der Waals surface area contributed by atoms with Crippen molar-refractivity contribution in [2.24, 2.45) is 10.4 Å². The third-order valence-electron chi connectivity index (χ3n) is 4.94. The van der Waals surface area contributed by atoms with Crippen LogP contribution in [0.5, 0.6) is 0 Å². The molecule has 3 N–H and O–H groups in total. The summed E-state index contributed by atoms with van der Waals surface area (Å²) in [6.07, 6.45) is 2.65. The summed E-state index contributed by atoms with van der Waals surface area (Å²) in [5, 5.41) is 19.3. The van der Waals surface area contributed by atoms with E-state index in [1.54, 1.807) is 22.7 Å². The molecule has 1 saturated heterocycles. The number of aliphatic imine (C=N–C) groups is 1. The normalized spacial score (nSPS) is 19.2. The van der Waals surface area contributed by atoms with Crippen LogP contribution in [0.4, 0.5) is 0 Å². The van der Waals surface area contributed by atoms with Gasteiger partial charge in [-0.15, -0.1) is 46.7 Å². The topological polar surface area (TPSA) is 78.8 Å². The van der Waals surface area contributed by atoms with E-state index >= 15 is 0 Å². The smallest absolute Gasteiger partial charge is 0.191 e. The number of guanidine groups is 1. The number of nitrogens with zero attached hydrogens (tertiary/aromatic N) is 2. The number of hydrogen-bond acceptors (Lipinski definition) is 6. The molecule has 0 radical (unpaired) electrons. The van der Waals surface area contributed by atoms with E-state index in [2.05, 4.69) is 40.1 Å². The molecular formula is C20H31IN4O2S2. The van der Waals surface area contributed by atoms with E-state index in [1.807, 2.05) is 6.92 Å². The standard InChI is InChI=1S/C20H30N4O2S2.HI/c1-3-21-19(23-13-20(7-10-25)8-11-26-14-20)22-9-6-16-4-5-18(28-16)17-12-27-15(2)24-17;/h4-5,12,25H,3,6-11,13-14H2,1-2H3,(H2,21,22,23);1H. The number of aromatic nitrogens is 1. The Bertz CT molecular complexity index is 772. The van der Waals surface area contributed by atoms with Crippen LogP contribution in [-0.4, -0.2) is 55.5 Å². The number of nitrogens with one attached hydrogen (secondary N) is 2. The number of thiophene rings is 1. The Morgan fingerprint density at radius 1 is 1.38 bits per heavy atom. The van der Waals surface area contributed by atoms with Gasteiger partial charge in [-0.05, 0) is 45.2 Å². The molecule has 1 aliphatic heterocycles. The van der Waals surface area contributed by atoms with Gasteiger partial charge in [0.15, 0.2) is 5.96 Å². The second-order valence-electron chi connectivity index (χ2n) is 7.17. The molecule has 1 unspecified atom stereocenters. The van der Waals surface area contributed by atoms with Gasteiger partial charge in [-0.2, -0.15) is 0 Å². The van der Waals surface area contributed by atoms with E-state index in [1.165, 1.54) is 9.75 Å². The number of aliphatic hydroxyl groups is 1. The highest BCUT2D eigenvalue weighted by Gasteiger charge is 2.34. The molecule has 0 aromatic carbocycles. The maximum absolute atomic E-state index is 9.38. The van der Waals surface area contributed by atoms with Crippen LogP contribution in [0.25, 0.3) is 10.6 Å². The minimum Gasteiger partial charge on any atom is -0.396 e. The Kier molecular flexibility index (Phi) is 10.3. The van der Waals surface area contributed by atoms with Gasteiger partial charge in [0.2, 0.25) is 0 Å². The fourth-order valence-corrected chi connectivity index (χ4v) is 4.96. The van der Waals surface area contributed by atoms with Gasteiger partial charge in [0.25, 0.3) is 0 Å². The van der Waals surface area contributed by atoms with Crippen molar-refractivity contribution in [2.75, 3.05) is 39.5 Å². The molecular weight excluding hydrogens is 519 g/mol. The minimum absolute atomic E-state index is 0. The zero-order valence-corrected chi connectivity index (χ0v) is 21.0. The maximum Gasteiger partial charge on any atom is 0.191 e. The number of aryl methyl sites for hydroxylation is 1. The minimum atomic E-state index is -0.0224. The van der Waals surface area contributed by atoms with Gasteiger partial charge in [-0.1, -0.05) is 0 Å². The van der Waals surface area contributed by atoms with E-state index < -0.39 is 0 Å². The number of ether oxygens (including phenoxy) is 1. The molecule has 0 bridgehead atoms. The summed E-state index contributed by atoms with van der Waals surface area (Å²) in [6, 6.07) is 4.35. The van der Waals surface area contributed by atoms with Gasteiger partial charge < -0.3 is 20.5 Å². The van der Waals surface area contributed by atoms with Crippen molar-refractivity contribution < 1.29 is 9.84 Å². The number of aliphatic hydroxyl groups excluding tert-OH is 1. The molecule has 2 aromatic heterocycles. The lowest BCUT2D eigenvalue weighted by Crippen LogP contribution is -2.39. The second-order valence-corrected chi connectivity index (χ2v) is 9.40. The monoisotopic (exact) mass is 550 g/mol. The molecule has 1 aliphatic rings. The number of hydrogen-bond donors (Lipinski definition) is 3. The van der Waals surface area contributed by atoms with E-state index in [0.717, 1.165) is 55.6 Å². The van der Waals surface area contributed by atoms with Gasteiger partial charge in [0.1, 0.15) is 0 Å². The largest absolute Gasteiger partial charge is 0.396 e. The van der Waals surface area contributed by atoms with Gasteiger partial charge >= 0.3 is 0 Å². The first-order valence-corrected chi connectivity index (χ1v) is 11.6. The summed E-state index contributed by atoms with van der Waals surface area (Å²) in [7, 11) is 0. The molecule has 0 amide bonds. The van der Waals surface area contributed by atoms with Crippen molar-refractivity contribution in [1.29, 1.82) is 0 Å². The average molecular weight is 551 g/mol. The zero-order chi connectivity index (χ0) is 19.8. The Morgan fingerprint density at radius 2 is 2.24 bits per heavy atom. The Hall–Kier alpha value is -0.750. The Balaban J connectivity index is 0.00000300. The lowest BCUT2D eigenvalue weighted by Gasteiger charge is -2.24. The third-order valence-corrected chi connectivity index (χ3v) is 6.88. The molecule has 0 spiro atoms. The van der Waals surface area contributed by atoms with Gasteiger partial charge in [-0.3, -0.25) is 4.99 Å². The Labute approximate surface area is 198 Å². The van der Waals surface area contributed by atoms with E-state index in [4.69, 9.17) is 9.73 Å². The van der Waals surface area contributed by atoms with Crippen LogP contribution in [0, 0.1) is 12.3 Å². The molecule has 162 valence electrons. The first-order chi connectivity index (χ1) is 13.6. The maximum atomic E-state index is 9.38. The van der Waals surface area contributed by atoms with Crippen molar-refractivity contribution in [1.82, 2.24) is 15.6 Å². The molecule has 3 rings (SSSR count). The summed E-state index contributed by atoms with van der Waals surface area (Å²) in [5.74, 6) is 0.832. The van der Waals surface area contributed by atoms with Crippen molar-refractivity contribution in [2.45, 2.75) is 33.1 Å². The molecule has 1 fully saturated rings.